The van der Waals surface area contributed by atoms with Crippen LogP contribution >= 0.6 is 0 Å². The number of hydrogen-bond donors (Lipinski definition) is 2. The second-order valence-corrected chi connectivity index (χ2v) is 4.22. The quantitative estimate of drug-likeness (QED) is 0.448. The third-order valence-corrected chi connectivity index (χ3v) is 2.45. The van der Waals surface area contributed by atoms with Gasteiger partial charge in [0.2, 0.25) is 5.60 Å². The van der Waals surface area contributed by atoms with Crippen LogP contribution in [-0.2, 0) is 46.8 Å². The van der Waals surface area contributed by atoms with Crippen molar-refractivity contribution in [3.63, 3.8) is 0 Å². The number of ketones is 5. The summed E-state index contributed by atoms with van der Waals surface area (Å²) in [6.45, 7) is 3.64. The average molecular weight is 323 g/mol. The summed E-state index contributed by atoms with van der Waals surface area (Å²) in [6.07, 6.45) is 0. The van der Waals surface area contributed by atoms with Gasteiger partial charge in [-0.1, -0.05) is 0 Å². The van der Waals surface area contributed by atoms with E-state index in [0.29, 0.717) is 0 Å². The summed E-state index contributed by atoms with van der Waals surface area (Å²) in [5.74, 6) is -7.01. The monoisotopic (exact) mass is 323 g/mol. The van der Waals surface area contributed by atoms with Crippen LogP contribution in [0.1, 0.15) is 27.7 Å². The van der Waals surface area contributed by atoms with Crippen molar-refractivity contribution in [3.8, 4) is 0 Å². The van der Waals surface area contributed by atoms with Crippen molar-refractivity contribution in [2.75, 3.05) is 0 Å². The zero-order valence-electron chi connectivity index (χ0n) is 11.4. The summed E-state index contributed by atoms with van der Waals surface area (Å²) in [7, 11) is 0. The van der Waals surface area contributed by atoms with Crippen LogP contribution in [0.15, 0.2) is 0 Å². The van der Waals surface area contributed by atoms with Crippen molar-refractivity contribution in [1.82, 2.24) is 0 Å². The molecule has 0 radical (unpaired) electrons. The minimum atomic E-state index is -2.91. The van der Waals surface area contributed by atoms with E-state index < -0.39 is 59.9 Å². The van der Waals surface area contributed by atoms with Gasteiger partial charge >= 0.3 is 26.5 Å². The van der Waals surface area contributed by atoms with Gasteiger partial charge in [0.05, 0.1) is 0 Å². The van der Waals surface area contributed by atoms with Gasteiger partial charge in [0.25, 0.3) is 0 Å². The first kappa shape index (κ1) is 21.1. The minimum absolute atomic E-state index is 0.816. The topological polar surface area (TPSA) is 143 Å². The Morgan fingerprint density at radius 3 is 1.30 bits per heavy atom. The zero-order valence-corrected chi connectivity index (χ0v) is 13.0. The van der Waals surface area contributed by atoms with Crippen molar-refractivity contribution in [1.29, 1.82) is 0 Å². The molecule has 0 amide bonds. The van der Waals surface area contributed by atoms with Crippen LogP contribution in [0.5, 0.6) is 0 Å². The van der Waals surface area contributed by atoms with Gasteiger partial charge in [-0.25, -0.2) is 0 Å². The Kier molecular flexibility index (Phi) is 9.34. The molecule has 0 spiro atoms. The summed E-state index contributed by atoms with van der Waals surface area (Å²) >= 11 is -1.75. The predicted molar refractivity (Wildman–Crippen MR) is 59.1 cm³/mol. The average Bonchev–Trinajstić information content (AvgIpc) is 2.26. The number of carbonyl (C=O) groups excluding carboxylic acids is 5. The molecule has 0 saturated heterocycles. The molecule has 8 nitrogen and oxygen atoms in total. The summed E-state index contributed by atoms with van der Waals surface area (Å²) in [5, 5.41) is 9.75. The van der Waals surface area contributed by atoms with Gasteiger partial charge in [-0.3, -0.25) is 24.0 Å². The van der Waals surface area contributed by atoms with Crippen molar-refractivity contribution < 1.29 is 55.6 Å². The summed E-state index contributed by atoms with van der Waals surface area (Å²) in [5.41, 5.74) is -2.91. The molecule has 0 unspecified atom stereocenters. The van der Waals surface area contributed by atoms with E-state index in [2.05, 4.69) is 0 Å². The van der Waals surface area contributed by atoms with Crippen LogP contribution in [-0.4, -0.2) is 43.3 Å². The SMILES string of the molecule is CC(=O)C(C(C)=O)C(=O)C(O)(C(C)=O)C(C)=O.[O]=[Ti][OH]. The first-order chi connectivity index (χ1) is 8.98. The summed E-state index contributed by atoms with van der Waals surface area (Å²) in [4.78, 5) is 56.5. The molecule has 0 aromatic rings. The fourth-order valence-electron chi connectivity index (χ4n) is 1.46. The van der Waals surface area contributed by atoms with E-state index in [9.17, 15) is 29.1 Å². The Balaban J connectivity index is 0. The van der Waals surface area contributed by atoms with E-state index in [1.165, 1.54) is 0 Å². The molecule has 0 aliphatic heterocycles. The number of hydrogen-bond acceptors (Lipinski definition) is 7. The van der Waals surface area contributed by atoms with Crippen LogP contribution in [0.2, 0.25) is 0 Å². The molecular weight excluding hydrogens is 308 g/mol. The molecule has 2 N–H and O–H groups in total. The number of Topliss-reactive ketones (excluding diaryl/α,β-unsaturated/α-hetero) is 5. The van der Waals surface area contributed by atoms with Crippen LogP contribution in [0.25, 0.3) is 0 Å². The van der Waals surface area contributed by atoms with Crippen molar-refractivity contribution >= 4 is 28.9 Å². The van der Waals surface area contributed by atoms with Gasteiger partial charge in [-0.15, -0.1) is 0 Å². The third-order valence-electron chi connectivity index (χ3n) is 2.45. The zero-order chi connectivity index (χ0) is 16.7. The fraction of sp³-hybridized carbons (Fsp3) is 0.545. The van der Waals surface area contributed by atoms with Gasteiger partial charge in [-0.2, -0.15) is 0 Å². The van der Waals surface area contributed by atoms with Crippen molar-refractivity contribution in [2.45, 2.75) is 33.3 Å². The van der Waals surface area contributed by atoms with Crippen LogP contribution < -0.4 is 0 Å². The van der Waals surface area contributed by atoms with Crippen molar-refractivity contribution in [3.05, 3.63) is 0 Å². The fourth-order valence-corrected chi connectivity index (χ4v) is 1.46. The Labute approximate surface area is 124 Å². The van der Waals surface area contributed by atoms with Gasteiger partial charge in [0.1, 0.15) is 17.5 Å². The second-order valence-electron chi connectivity index (χ2n) is 3.93. The van der Waals surface area contributed by atoms with Gasteiger partial charge in [0, 0.05) is 0 Å². The predicted octanol–water partition coefficient (Wildman–Crippen LogP) is -1.42. The van der Waals surface area contributed by atoms with E-state index in [1.54, 1.807) is 0 Å². The standard InChI is InChI=1S/C11H14O6.H2O.O.Ti/c1-5(12)9(6(2)13)10(16)11(17,7(3)14)8(4)15;;;/h9,17H,1-4H3;1H2;;/q;;;+1/p-1. The molecule has 0 saturated carbocycles. The Morgan fingerprint density at radius 2 is 1.15 bits per heavy atom. The van der Waals surface area contributed by atoms with Crippen LogP contribution in [0.3, 0.4) is 0 Å². The molecule has 0 heterocycles. The number of aliphatic hydroxyl groups is 1. The maximum absolute atomic E-state index is 11.8. The summed E-state index contributed by atoms with van der Waals surface area (Å²) in [6, 6.07) is 0. The first-order valence-electron chi connectivity index (χ1n) is 5.29. The molecule has 9 heteroatoms. The Hall–Kier alpha value is -1.22. The molecule has 0 aromatic heterocycles. The van der Waals surface area contributed by atoms with Crippen molar-refractivity contribution in [2.24, 2.45) is 5.92 Å². The molecule has 20 heavy (non-hydrogen) atoms. The molecule has 0 aliphatic rings. The molecule has 0 fully saturated rings. The number of carbonyl (C=O) groups is 5. The first-order valence-corrected chi connectivity index (χ1v) is 6.62. The van der Waals surface area contributed by atoms with E-state index >= 15 is 0 Å². The van der Waals surface area contributed by atoms with E-state index in [-0.39, 0.29) is 0 Å². The normalized spacial score (nSPS) is 9.95. The van der Waals surface area contributed by atoms with Crippen LogP contribution in [0, 0.1) is 5.92 Å². The molecule has 0 aliphatic carbocycles. The Bertz CT molecular complexity index is 425. The van der Waals surface area contributed by atoms with Gasteiger partial charge < -0.3 is 5.11 Å². The third kappa shape index (κ3) is 5.05. The Morgan fingerprint density at radius 1 is 0.900 bits per heavy atom. The van der Waals surface area contributed by atoms with E-state index in [0.717, 1.165) is 27.7 Å². The van der Waals surface area contributed by atoms with Gasteiger partial charge in [0.15, 0.2) is 17.3 Å². The molecule has 0 atom stereocenters. The second kappa shape index (κ2) is 8.86. The molecule has 0 rings (SSSR count). The number of rotatable bonds is 6. The molecule has 111 valence electrons. The molecule has 0 aromatic carbocycles. The van der Waals surface area contributed by atoms with E-state index in [1.807, 2.05) is 0 Å². The molecule has 0 bridgehead atoms. The van der Waals surface area contributed by atoms with Gasteiger partial charge in [-0.05, 0) is 27.7 Å². The summed E-state index contributed by atoms with van der Waals surface area (Å²) < 4.78 is 15.8. The maximum atomic E-state index is 11.8. The van der Waals surface area contributed by atoms with E-state index in [4.69, 9.17) is 7.01 Å². The molecular formula is C11H15O8Ti. The van der Waals surface area contributed by atoms with Crippen LogP contribution in [0.4, 0.5) is 0 Å².